The fraction of sp³-hybridized carbons (Fsp3) is 0.118. The number of pyridine rings is 1. The van der Waals surface area contributed by atoms with Crippen LogP contribution in [0, 0.1) is 0 Å². The number of nitrogens with zero attached hydrogens (tertiary/aromatic N) is 1. The zero-order valence-corrected chi connectivity index (χ0v) is 13.8. The van der Waals surface area contributed by atoms with Gasteiger partial charge in [-0.1, -0.05) is 53.0 Å². The van der Waals surface area contributed by atoms with Crippen molar-refractivity contribution in [2.45, 2.75) is 6.42 Å². The summed E-state index contributed by atoms with van der Waals surface area (Å²) in [4.78, 5) is 4.40. The third kappa shape index (κ3) is 2.80. The third-order valence-corrected chi connectivity index (χ3v) is 4.38. The van der Waals surface area contributed by atoms with E-state index in [4.69, 9.17) is 34.8 Å². The molecule has 2 aromatic carbocycles. The van der Waals surface area contributed by atoms with E-state index in [2.05, 4.69) is 4.98 Å². The van der Waals surface area contributed by atoms with Gasteiger partial charge >= 0.3 is 0 Å². The van der Waals surface area contributed by atoms with Gasteiger partial charge in [-0.25, -0.2) is 4.98 Å². The van der Waals surface area contributed by atoms with Crippen molar-refractivity contribution >= 4 is 45.7 Å². The molecule has 0 aliphatic carbocycles. The van der Waals surface area contributed by atoms with Crippen molar-refractivity contribution in [1.82, 2.24) is 4.98 Å². The first-order valence-electron chi connectivity index (χ1n) is 6.75. The molecule has 0 aliphatic heterocycles. The third-order valence-electron chi connectivity index (χ3n) is 3.50. The number of aliphatic hydroxyl groups excluding tert-OH is 1. The van der Waals surface area contributed by atoms with Gasteiger partial charge in [0.1, 0.15) is 5.15 Å². The quantitative estimate of drug-likeness (QED) is 0.640. The van der Waals surface area contributed by atoms with Crippen molar-refractivity contribution in [1.29, 1.82) is 0 Å². The van der Waals surface area contributed by atoms with Crippen LogP contribution < -0.4 is 0 Å². The van der Waals surface area contributed by atoms with Gasteiger partial charge in [-0.2, -0.15) is 0 Å². The molecule has 0 saturated heterocycles. The van der Waals surface area contributed by atoms with Crippen LogP contribution in [0.1, 0.15) is 5.56 Å². The predicted octanol–water partition coefficient (Wildman–Crippen LogP) is 5.40. The lowest BCUT2D eigenvalue weighted by Gasteiger charge is -2.15. The van der Waals surface area contributed by atoms with Gasteiger partial charge in [0.05, 0.1) is 5.52 Å². The molecule has 0 atom stereocenters. The highest BCUT2D eigenvalue weighted by Crippen LogP contribution is 2.39. The molecule has 1 heterocycles. The summed E-state index contributed by atoms with van der Waals surface area (Å²) in [5.74, 6) is 0. The van der Waals surface area contributed by atoms with Crippen molar-refractivity contribution in [2.75, 3.05) is 6.61 Å². The van der Waals surface area contributed by atoms with Gasteiger partial charge in [0.2, 0.25) is 0 Å². The first kappa shape index (κ1) is 15.6. The Balaban J connectivity index is 2.45. The van der Waals surface area contributed by atoms with Gasteiger partial charge in [-0.15, -0.1) is 0 Å². The average molecular weight is 353 g/mol. The van der Waals surface area contributed by atoms with Crippen LogP contribution in [-0.2, 0) is 6.42 Å². The zero-order chi connectivity index (χ0) is 15.7. The molecule has 0 spiro atoms. The lowest BCUT2D eigenvalue weighted by Crippen LogP contribution is -2.00. The van der Waals surface area contributed by atoms with Crippen LogP contribution >= 0.6 is 34.8 Å². The van der Waals surface area contributed by atoms with Crippen LogP contribution in [0.3, 0.4) is 0 Å². The van der Waals surface area contributed by atoms with Crippen molar-refractivity contribution in [3.05, 3.63) is 63.2 Å². The smallest absolute Gasteiger partial charge is 0.133 e. The number of hydrogen-bond donors (Lipinski definition) is 1. The molecule has 22 heavy (non-hydrogen) atoms. The summed E-state index contributed by atoms with van der Waals surface area (Å²) >= 11 is 18.8. The first-order valence-corrected chi connectivity index (χ1v) is 7.88. The summed E-state index contributed by atoms with van der Waals surface area (Å²) in [6.45, 7) is -0.0229. The molecule has 112 valence electrons. The fourth-order valence-electron chi connectivity index (χ4n) is 2.56. The Kier molecular flexibility index (Phi) is 4.55. The number of aliphatic hydroxyl groups is 1. The fourth-order valence-corrected chi connectivity index (χ4v) is 3.24. The van der Waals surface area contributed by atoms with E-state index in [1.807, 2.05) is 36.4 Å². The van der Waals surface area contributed by atoms with Crippen LogP contribution in [0.5, 0.6) is 0 Å². The molecule has 0 bridgehead atoms. The van der Waals surface area contributed by atoms with Crippen LogP contribution in [0.25, 0.3) is 22.0 Å². The Bertz CT molecular complexity index is 849. The minimum atomic E-state index is -0.0229. The number of hydrogen-bond acceptors (Lipinski definition) is 2. The Labute approximate surface area is 143 Å². The van der Waals surface area contributed by atoms with Crippen molar-refractivity contribution < 1.29 is 5.11 Å². The standard InChI is InChI=1S/C17H12Cl3NO/c18-10-5-6-15-13(9-10)16(11-3-1-2-4-14(11)19)12(7-8-22)17(20)21-15/h1-6,9,22H,7-8H2. The number of halogens is 3. The summed E-state index contributed by atoms with van der Waals surface area (Å²) in [6.07, 6.45) is 0.398. The molecule has 3 rings (SSSR count). The molecule has 0 radical (unpaired) electrons. The van der Waals surface area contributed by atoms with E-state index in [1.165, 1.54) is 0 Å². The highest BCUT2D eigenvalue weighted by atomic mass is 35.5. The highest BCUT2D eigenvalue weighted by Gasteiger charge is 2.17. The normalized spacial score (nSPS) is 11.1. The topological polar surface area (TPSA) is 33.1 Å². The molecule has 0 saturated carbocycles. The van der Waals surface area contributed by atoms with E-state index >= 15 is 0 Å². The number of fused-ring (bicyclic) bond motifs is 1. The van der Waals surface area contributed by atoms with E-state index < -0.39 is 0 Å². The highest BCUT2D eigenvalue weighted by molar-refractivity contribution is 6.35. The molecule has 1 aromatic heterocycles. The average Bonchev–Trinajstić information content (AvgIpc) is 2.50. The molecule has 5 heteroatoms. The van der Waals surface area contributed by atoms with Gasteiger partial charge in [-0.3, -0.25) is 0 Å². The second-order valence-corrected chi connectivity index (χ2v) is 6.07. The maximum absolute atomic E-state index is 9.37. The summed E-state index contributed by atoms with van der Waals surface area (Å²) in [5, 5.41) is 11.8. The van der Waals surface area contributed by atoms with Crippen LogP contribution in [0.2, 0.25) is 15.2 Å². The summed E-state index contributed by atoms with van der Waals surface area (Å²) in [5.41, 5.74) is 3.24. The molecule has 3 aromatic rings. The monoisotopic (exact) mass is 351 g/mol. The lowest BCUT2D eigenvalue weighted by molar-refractivity contribution is 0.299. The second-order valence-electron chi connectivity index (χ2n) is 4.87. The summed E-state index contributed by atoms with van der Waals surface area (Å²) in [6, 6.07) is 13.0. The van der Waals surface area contributed by atoms with Gasteiger partial charge in [0, 0.05) is 33.2 Å². The summed E-state index contributed by atoms with van der Waals surface area (Å²) < 4.78 is 0. The van der Waals surface area contributed by atoms with Crippen LogP contribution in [-0.4, -0.2) is 16.7 Å². The second kappa shape index (κ2) is 6.43. The molecular weight excluding hydrogens is 341 g/mol. The number of benzene rings is 2. The van der Waals surface area contributed by atoms with E-state index in [1.54, 1.807) is 6.07 Å². The van der Waals surface area contributed by atoms with Gasteiger partial charge in [-0.05, 0) is 36.2 Å². The maximum atomic E-state index is 9.37. The lowest BCUT2D eigenvalue weighted by atomic mass is 9.95. The van der Waals surface area contributed by atoms with E-state index in [0.717, 1.165) is 27.6 Å². The number of rotatable bonds is 3. The predicted molar refractivity (Wildman–Crippen MR) is 93.0 cm³/mol. The number of aromatic nitrogens is 1. The van der Waals surface area contributed by atoms with Gasteiger partial charge < -0.3 is 5.11 Å². The molecule has 0 aliphatic rings. The molecule has 0 fully saturated rings. The van der Waals surface area contributed by atoms with Crippen LogP contribution in [0.15, 0.2) is 42.5 Å². The minimum Gasteiger partial charge on any atom is -0.396 e. The minimum absolute atomic E-state index is 0.0229. The molecule has 1 N–H and O–H groups in total. The van der Waals surface area contributed by atoms with Gasteiger partial charge in [0.25, 0.3) is 0 Å². The Morgan fingerprint density at radius 1 is 1.00 bits per heavy atom. The molecule has 0 unspecified atom stereocenters. The van der Waals surface area contributed by atoms with Crippen molar-refractivity contribution in [2.24, 2.45) is 0 Å². The van der Waals surface area contributed by atoms with Gasteiger partial charge in [0.15, 0.2) is 0 Å². The van der Waals surface area contributed by atoms with E-state index in [0.29, 0.717) is 21.6 Å². The van der Waals surface area contributed by atoms with E-state index in [-0.39, 0.29) is 6.61 Å². The molecule has 2 nitrogen and oxygen atoms in total. The van der Waals surface area contributed by atoms with E-state index in [9.17, 15) is 5.11 Å². The largest absolute Gasteiger partial charge is 0.396 e. The zero-order valence-electron chi connectivity index (χ0n) is 11.5. The summed E-state index contributed by atoms with van der Waals surface area (Å²) in [7, 11) is 0. The molecule has 0 amide bonds. The van der Waals surface area contributed by atoms with Crippen molar-refractivity contribution in [3.8, 4) is 11.1 Å². The SMILES string of the molecule is OCCc1c(Cl)nc2ccc(Cl)cc2c1-c1ccccc1Cl. The Hall–Kier alpha value is -1.32. The molecular formula is C17H12Cl3NO. The first-order chi connectivity index (χ1) is 10.6. The maximum Gasteiger partial charge on any atom is 0.133 e. The Morgan fingerprint density at radius 3 is 2.50 bits per heavy atom. The Morgan fingerprint density at radius 2 is 1.77 bits per heavy atom. The van der Waals surface area contributed by atoms with Crippen LogP contribution in [0.4, 0.5) is 0 Å². The van der Waals surface area contributed by atoms with Crippen molar-refractivity contribution in [3.63, 3.8) is 0 Å².